The zero-order valence-electron chi connectivity index (χ0n) is 17.6. The van der Waals surface area contributed by atoms with E-state index in [9.17, 15) is 9.59 Å². The molecule has 0 fully saturated rings. The van der Waals surface area contributed by atoms with Crippen LogP contribution in [0.1, 0.15) is 21.6 Å². The number of aromatic nitrogens is 1. The molecule has 0 aliphatic carbocycles. The predicted octanol–water partition coefficient (Wildman–Crippen LogP) is 3.91. The van der Waals surface area contributed by atoms with E-state index in [4.69, 9.17) is 14.2 Å². The molecule has 1 aromatic heterocycles. The number of hydrogen-bond acceptors (Lipinski definition) is 7. The Kier molecular flexibility index (Phi) is 7.09. The van der Waals surface area contributed by atoms with E-state index >= 15 is 0 Å². The summed E-state index contributed by atoms with van der Waals surface area (Å²) in [5.74, 6) is 1.22. The molecule has 8 nitrogen and oxygen atoms in total. The Bertz CT molecular complexity index is 1100. The highest BCUT2D eigenvalue weighted by Gasteiger charge is 2.14. The first-order valence-corrected chi connectivity index (χ1v) is 10.2. The maximum absolute atomic E-state index is 12.5. The monoisotopic (exact) mass is 441 g/mol. The van der Waals surface area contributed by atoms with Gasteiger partial charge in [-0.25, -0.2) is 4.98 Å². The second kappa shape index (κ2) is 9.94. The summed E-state index contributed by atoms with van der Waals surface area (Å²) < 4.78 is 15.6. The van der Waals surface area contributed by atoms with Gasteiger partial charge in [0, 0.05) is 16.6 Å². The molecule has 162 valence electrons. The van der Waals surface area contributed by atoms with Crippen LogP contribution >= 0.6 is 11.3 Å². The first kappa shape index (κ1) is 22.1. The van der Waals surface area contributed by atoms with Gasteiger partial charge in [-0.15, -0.1) is 11.3 Å². The van der Waals surface area contributed by atoms with Crippen LogP contribution in [0.5, 0.6) is 17.2 Å². The Balaban J connectivity index is 1.60. The molecular weight excluding hydrogens is 418 g/mol. The highest BCUT2D eigenvalue weighted by Crippen LogP contribution is 2.28. The Morgan fingerprint density at radius 1 is 0.935 bits per heavy atom. The van der Waals surface area contributed by atoms with Gasteiger partial charge in [-0.3, -0.25) is 14.9 Å². The number of carbonyl (C=O) groups excluding carboxylic acids is 2. The normalized spacial score (nSPS) is 10.3. The van der Waals surface area contributed by atoms with Crippen molar-refractivity contribution in [1.82, 2.24) is 4.98 Å². The highest BCUT2D eigenvalue weighted by molar-refractivity contribution is 7.14. The van der Waals surface area contributed by atoms with Crippen molar-refractivity contribution in [2.24, 2.45) is 0 Å². The maximum atomic E-state index is 12.5. The topological polar surface area (TPSA) is 98.8 Å². The number of nitrogens with zero attached hydrogens (tertiary/aromatic N) is 1. The molecule has 0 unspecified atom stereocenters. The zero-order valence-corrected chi connectivity index (χ0v) is 18.5. The number of carbonyl (C=O) groups is 2. The lowest BCUT2D eigenvalue weighted by atomic mass is 10.2. The molecule has 9 heteroatoms. The van der Waals surface area contributed by atoms with E-state index in [-0.39, 0.29) is 18.2 Å². The van der Waals surface area contributed by atoms with Gasteiger partial charge in [-0.1, -0.05) is 0 Å². The Morgan fingerprint density at radius 3 is 2.32 bits per heavy atom. The summed E-state index contributed by atoms with van der Waals surface area (Å²) >= 11 is 1.25. The van der Waals surface area contributed by atoms with Gasteiger partial charge in [-0.2, -0.15) is 0 Å². The Hall–Kier alpha value is -3.59. The zero-order chi connectivity index (χ0) is 22.4. The lowest BCUT2D eigenvalue weighted by molar-refractivity contribution is -0.115. The Labute approximate surface area is 184 Å². The van der Waals surface area contributed by atoms with E-state index in [0.717, 1.165) is 11.3 Å². The number of methoxy groups -OCH3 is 3. The number of rotatable bonds is 8. The summed E-state index contributed by atoms with van der Waals surface area (Å²) in [4.78, 5) is 29.2. The van der Waals surface area contributed by atoms with Gasteiger partial charge in [0.15, 0.2) is 16.6 Å². The maximum Gasteiger partial charge on any atom is 0.257 e. The van der Waals surface area contributed by atoms with Crippen molar-refractivity contribution in [3.63, 3.8) is 0 Å². The van der Waals surface area contributed by atoms with Gasteiger partial charge in [0.1, 0.15) is 5.75 Å². The molecular formula is C22H23N3O5S. The summed E-state index contributed by atoms with van der Waals surface area (Å²) in [5.41, 5.74) is 2.58. The van der Waals surface area contributed by atoms with Crippen molar-refractivity contribution in [2.75, 3.05) is 32.0 Å². The van der Waals surface area contributed by atoms with E-state index in [1.54, 1.807) is 42.8 Å². The number of amides is 2. The van der Waals surface area contributed by atoms with Gasteiger partial charge in [-0.05, 0) is 48.9 Å². The molecule has 2 aromatic carbocycles. The molecule has 3 rings (SSSR count). The summed E-state index contributed by atoms with van der Waals surface area (Å²) in [5, 5.41) is 7.72. The average Bonchev–Trinajstić information content (AvgIpc) is 3.19. The Morgan fingerprint density at radius 2 is 1.65 bits per heavy atom. The number of anilines is 2. The fraction of sp³-hybridized carbons (Fsp3) is 0.227. The van der Waals surface area contributed by atoms with E-state index in [0.29, 0.717) is 33.6 Å². The summed E-state index contributed by atoms with van der Waals surface area (Å²) in [6, 6.07) is 10.3. The predicted molar refractivity (Wildman–Crippen MR) is 120 cm³/mol. The lowest BCUT2D eigenvalue weighted by Crippen LogP contribution is -2.15. The largest absolute Gasteiger partial charge is 0.496 e. The molecule has 0 bridgehead atoms. The summed E-state index contributed by atoms with van der Waals surface area (Å²) in [7, 11) is 4.63. The number of aryl methyl sites for hydroxylation is 1. The summed E-state index contributed by atoms with van der Waals surface area (Å²) in [6.45, 7) is 1.91. The molecule has 31 heavy (non-hydrogen) atoms. The van der Waals surface area contributed by atoms with E-state index in [1.807, 2.05) is 13.0 Å². The van der Waals surface area contributed by atoms with Crippen LogP contribution in [0.15, 0.2) is 41.8 Å². The molecule has 0 saturated heterocycles. The second-order valence-corrected chi connectivity index (χ2v) is 7.44. The third-order valence-corrected chi connectivity index (χ3v) is 5.24. The van der Waals surface area contributed by atoms with E-state index < -0.39 is 0 Å². The molecule has 0 saturated carbocycles. The minimum atomic E-state index is -0.333. The first-order chi connectivity index (χ1) is 14.9. The van der Waals surface area contributed by atoms with Gasteiger partial charge < -0.3 is 19.5 Å². The van der Waals surface area contributed by atoms with Crippen molar-refractivity contribution >= 4 is 34.0 Å². The van der Waals surface area contributed by atoms with Gasteiger partial charge >= 0.3 is 0 Å². The van der Waals surface area contributed by atoms with Crippen LogP contribution in [0.2, 0.25) is 0 Å². The van der Waals surface area contributed by atoms with Crippen molar-refractivity contribution in [3.8, 4) is 17.2 Å². The molecule has 0 atom stereocenters. The molecule has 0 aliphatic heterocycles. The van der Waals surface area contributed by atoms with Crippen LogP contribution in [0.3, 0.4) is 0 Å². The third-order valence-electron chi connectivity index (χ3n) is 4.44. The van der Waals surface area contributed by atoms with E-state index in [2.05, 4.69) is 15.6 Å². The number of thiazole rings is 1. The number of ether oxygens (including phenoxy) is 3. The minimum Gasteiger partial charge on any atom is -0.496 e. The van der Waals surface area contributed by atoms with Crippen LogP contribution in [0, 0.1) is 6.92 Å². The van der Waals surface area contributed by atoms with Crippen molar-refractivity contribution in [1.29, 1.82) is 0 Å². The minimum absolute atomic E-state index is 0.0911. The van der Waals surface area contributed by atoms with Crippen LogP contribution in [0.4, 0.5) is 10.8 Å². The van der Waals surface area contributed by atoms with Crippen molar-refractivity contribution < 1.29 is 23.8 Å². The number of nitrogens with one attached hydrogen (secondary N) is 2. The quantitative estimate of drug-likeness (QED) is 0.550. The molecule has 0 radical (unpaired) electrons. The van der Waals surface area contributed by atoms with Crippen LogP contribution < -0.4 is 24.8 Å². The summed E-state index contributed by atoms with van der Waals surface area (Å²) in [6.07, 6.45) is 0.0911. The molecule has 1 heterocycles. The third kappa shape index (κ3) is 5.52. The van der Waals surface area contributed by atoms with Crippen molar-refractivity contribution in [3.05, 3.63) is 58.6 Å². The fourth-order valence-electron chi connectivity index (χ4n) is 2.92. The van der Waals surface area contributed by atoms with E-state index in [1.165, 1.54) is 25.6 Å². The standard InChI is InChI=1S/C22H23N3O5S/c1-13-9-15(6-8-17(13)28-2)23-20(26)11-16-12-31-22(24-16)25-21(27)14-5-7-18(29-3)19(10-14)30-4/h5-10,12H,11H2,1-4H3,(H,23,26)(H,24,25,27). The number of hydrogen-bond donors (Lipinski definition) is 2. The smallest absolute Gasteiger partial charge is 0.257 e. The van der Waals surface area contributed by atoms with Crippen LogP contribution in [0.25, 0.3) is 0 Å². The number of benzene rings is 2. The molecule has 2 N–H and O–H groups in total. The highest BCUT2D eigenvalue weighted by atomic mass is 32.1. The molecule has 3 aromatic rings. The molecule has 2 amide bonds. The molecule has 0 aliphatic rings. The lowest BCUT2D eigenvalue weighted by Gasteiger charge is -2.09. The average molecular weight is 442 g/mol. The van der Waals surface area contributed by atoms with Crippen LogP contribution in [-0.4, -0.2) is 38.1 Å². The van der Waals surface area contributed by atoms with Gasteiger partial charge in [0.05, 0.1) is 33.4 Å². The van der Waals surface area contributed by atoms with Gasteiger partial charge in [0.25, 0.3) is 5.91 Å². The fourth-order valence-corrected chi connectivity index (χ4v) is 3.62. The molecule has 0 spiro atoms. The van der Waals surface area contributed by atoms with Crippen molar-refractivity contribution in [2.45, 2.75) is 13.3 Å². The second-order valence-electron chi connectivity index (χ2n) is 6.58. The van der Waals surface area contributed by atoms with Crippen LogP contribution in [-0.2, 0) is 11.2 Å². The first-order valence-electron chi connectivity index (χ1n) is 9.35. The van der Waals surface area contributed by atoms with Gasteiger partial charge in [0.2, 0.25) is 5.91 Å². The SMILES string of the molecule is COc1ccc(NC(=O)Cc2csc(NC(=O)c3ccc(OC)c(OC)c3)n2)cc1C.